The van der Waals surface area contributed by atoms with Crippen molar-refractivity contribution < 1.29 is 13.6 Å². The molecule has 3 heterocycles. The van der Waals surface area contributed by atoms with Gasteiger partial charge in [-0.3, -0.25) is 9.78 Å². The van der Waals surface area contributed by atoms with E-state index in [2.05, 4.69) is 15.3 Å². The zero-order valence-electron chi connectivity index (χ0n) is 11.6. The lowest BCUT2D eigenvalue weighted by Crippen LogP contribution is -2.20. The predicted octanol–water partition coefficient (Wildman–Crippen LogP) is 2.25. The molecule has 1 amide bonds. The molecule has 3 aromatic heterocycles. The van der Waals surface area contributed by atoms with Crippen LogP contribution in [0.5, 0.6) is 0 Å². The summed E-state index contributed by atoms with van der Waals surface area (Å²) >= 11 is 0. The first-order chi connectivity index (χ1) is 10.6. The summed E-state index contributed by atoms with van der Waals surface area (Å²) < 4.78 is 10.4. The highest BCUT2D eigenvalue weighted by atomic mass is 16.4. The number of rotatable bonds is 3. The molecule has 0 fully saturated rings. The molecule has 0 bridgehead atoms. The Kier molecular flexibility index (Phi) is 3.53. The maximum absolute atomic E-state index is 12.1. The summed E-state index contributed by atoms with van der Waals surface area (Å²) in [6.07, 6.45) is 5.64. The van der Waals surface area contributed by atoms with Crippen LogP contribution in [0.4, 0.5) is 5.69 Å². The Hall–Kier alpha value is -3.22. The van der Waals surface area contributed by atoms with E-state index in [1.807, 2.05) is 0 Å². The third kappa shape index (κ3) is 2.64. The molecule has 0 spiro atoms. The fourth-order valence-corrected chi connectivity index (χ4v) is 1.89. The first-order valence-corrected chi connectivity index (χ1v) is 6.41. The number of anilines is 1. The van der Waals surface area contributed by atoms with Crippen LogP contribution in [-0.2, 0) is 0 Å². The molecule has 3 aromatic rings. The standard InChI is InChI=1S/C15H11N3O4/c1-9-7-12(11-3-2-6-21-11)22-15(20)13(9)18-14(19)10-8-16-4-5-17-10/h2-8H,1H3,(H,18,19). The molecule has 0 radical (unpaired) electrons. The monoisotopic (exact) mass is 297 g/mol. The summed E-state index contributed by atoms with van der Waals surface area (Å²) in [7, 11) is 0. The first kappa shape index (κ1) is 13.7. The van der Waals surface area contributed by atoms with Gasteiger partial charge in [-0.2, -0.15) is 0 Å². The van der Waals surface area contributed by atoms with Crippen molar-refractivity contribution >= 4 is 11.6 Å². The number of aromatic nitrogens is 2. The van der Waals surface area contributed by atoms with Crippen molar-refractivity contribution in [2.75, 3.05) is 5.32 Å². The van der Waals surface area contributed by atoms with E-state index < -0.39 is 11.5 Å². The number of amides is 1. The first-order valence-electron chi connectivity index (χ1n) is 6.41. The molecule has 0 aliphatic heterocycles. The molecule has 1 N–H and O–H groups in total. The van der Waals surface area contributed by atoms with Crippen LogP contribution in [0.3, 0.4) is 0 Å². The minimum absolute atomic E-state index is 0.0611. The van der Waals surface area contributed by atoms with Gasteiger partial charge in [-0.25, -0.2) is 9.78 Å². The third-order valence-electron chi connectivity index (χ3n) is 2.95. The van der Waals surface area contributed by atoms with Gasteiger partial charge in [-0.1, -0.05) is 0 Å². The van der Waals surface area contributed by atoms with Crippen LogP contribution < -0.4 is 10.9 Å². The molecule has 0 aliphatic carbocycles. The summed E-state index contributed by atoms with van der Waals surface area (Å²) in [6.45, 7) is 1.69. The molecule has 7 heteroatoms. The second-order valence-electron chi connectivity index (χ2n) is 4.48. The Balaban J connectivity index is 1.92. The molecule has 3 rings (SSSR count). The van der Waals surface area contributed by atoms with Gasteiger partial charge in [0.1, 0.15) is 11.4 Å². The zero-order chi connectivity index (χ0) is 15.5. The summed E-state index contributed by atoms with van der Waals surface area (Å²) in [5, 5.41) is 2.49. The summed E-state index contributed by atoms with van der Waals surface area (Å²) in [4.78, 5) is 31.8. The van der Waals surface area contributed by atoms with Crippen molar-refractivity contribution in [2.45, 2.75) is 6.92 Å². The number of nitrogens with zero attached hydrogens (tertiary/aromatic N) is 2. The van der Waals surface area contributed by atoms with Gasteiger partial charge in [-0.05, 0) is 30.7 Å². The second kappa shape index (κ2) is 5.65. The fourth-order valence-electron chi connectivity index (χ4n) is 1.89. The average Bonchev–Trinajstić information content (AvgIpc) is 3.06. The molecule has 0 unspecified atom stereocenters. The van der Waals surface area contributed by atoms with Crippen LogP contribution in [-0.4, -0.2) is 15.9 Å². The molecule has 0 saturated carbocycles. The van der Waals surface area contributed by atoms with E-state index in [0.29, 0.717) is 17.1 Å². The fraction of sp³-hybridized carbons (Fsp3) is 0.0667. The Morgan fingerprint density at radius 2 is 2.14 bits per heavy atom. The summed E-state index contributed by atoms with van der Waals surface area (Å²) in [6, 6.07) is 4.98. The van der Waals surface area contributed by atoms with Gasteiger partial charge in [0, 0.05) is 12.4 Å². The number of hydrogen-bond donors (Lipinski definition) is 1. The van der Waals surface area contributed by atoms with Gasteiger partial charge in [-0.15, -0.1) is 0 Å². The van der Waals surface area contributed by atoms with Crippen molar-refractivity contribution in [1.82, 2.24) is 9.97 Å². The minimum Gasteiger partial charge on any atom is -0.461 e. The quantitative estimate of drug-likeness (QED) is 0.796. The second-order valence-corrected chi connectivity index (χ2v) is 4.48. The molecule has 7 nitrogen and oxygen atoms in total. The number of nitrogens with one attached hydrogen (secondary N) is 1. The lowest BCUT2D eigenvalue weighted by Gasteiger charge is -2.07. The van der Waals surface area contributed by atoms with Crippen molar-refractivity contribution in [1.29, 1.82) is 0 Å². The molecule has 0 atom stereocenters. The largest absolute Gasteiger partial charge is 0.461 e. The lowest BCUT2D eigenvalue weighted by atomic mass is 10.2. The normalized spacial score (nSPS) is 10.4. The Morgan fingerprint density at radius 1 is 1.27 bits per heavy atom. The topological polar surface area (TPSA) is 98.2 Å². The maximum atomic E-state index is 12.1. The highest BCUT2D eigenvalue weighted by molar-refractivity contribution is 6.02. The van der Waals surface area contributed by atoms with Crippen molar-refractivity contribution in [3.05, 3.63) is 64.7 Å². The van der Waals surface area contributed by atoms with Crippen LogP contribution in [0.2, 0.25) is 0 Å². The number of aryl methyl sites for hydroxylation is 1. The van der Waals surface area contributed by atoms with E-state index in [9.17, 15) is 9.59 Å². The molecular formula is C15H11N3O4. The van der Waals surface area contributed by atoms with Gasteiger partial charge in [0.15, 0.2) is 11.5 Å². The van der Waals surface area contributed by atoms with E-state index in [-0.39, 0.29) is 11.4 Å². The highest BCUT2D eigenvalue weighted by Crippen LogP contribution is 2.22. The number of furan rings is 1. The minimum atomic E-state index is -0.663. The van der Waals surface area contributed by atoms with Crippen molar-refractivity contribution in [3.63, 3.8) is 0 Å². The molecule has 0 aliphatic rings. The Bertz CT molecular complexity index is 854. The van der Waals surface area contributed by atoms with Gasteiger partial charge in [0.25, 0.3) is 5.91 Å². The Labute approximate surface area is 124 Å². The lowest BCUT2D eigenvalue weighted by molar-refractivity contribution is 0.102. The van der Waals surface area contributed by atoms with Crippen LogP contribution in [0, 0.1) is 6.92 Å². The number of carbonyl (C=O) groups is 1. The molecule has 110 valence electrons. The van der Waals surface area contributed by atoms with Gasteiger partial charge < -0.3 is 14.2 Å². The zero-order valence-corrected chi connectivity index (χ0v) is 11.6. The van der Waals surface area contributed by atoms with Gasteiger partial charge in [0.2, 0.25) is 0 Å². The smallest absolute Gasteiger partial charge is 0.360 e. The SMILES string of the molecule is Cc1cc(-c2ccco2)oc(=O)c1NC(=O)c1cnccn1. The van der Waals surface area contributed by atoms with Gasteiger partial charge >= 0.3 is 5.63 Å². The number of carbonyl (C=O) groups excluding carboxylic acids is 1. The Morgan fingerprint density at radius 3 is 2.77 bits per heavy atom. The molecule has 0 saturated heterocycles. The highest BCUT2D eigenvalue weighted by Gasteiger charge is 2.15. The van der Waals surface area contributed by atoms with E-state index in [0.717, 1.165) is 0 Å². The van der Waals surface area contributed by atoms with Crippen LogP contribution >= 0.6 is 0 Å². The van der Waals surface area contributed by atoms with Crippen LogP contribution in [0.15, 0.2) is 56.7 Å². The summed E-state index contributed by atoms with van der Waals surface area (Å²) in [5.74, 6) is 0.200. The molecule has 0 aromatic carbocycles. The average molecular weight is 297 g/mol. The number of hydrogen-bond acceptors (Lipinski definition) is 6. The maximum Gasteiger partial charge on any atom is 0.360 e. The van der Waals surface area contributed by atoms with Crippen molar-refractivity contribution in [3.8, 4) is 11.5 Å². The van der Waals surface area contributed by atoms with Crippen molar-refractivity contribution in [2.24, 2.45) is 0 Å². The van der Waals surface area contributed by atoms with E-state index in [1.165, 1.54) is 24.9 Å². The van der Waals surface area contributed by atoms with E-state index in [1.54, 1.807) is 25.1 Å². The summed E-state index contributed by atoms with van der Waals surface area (Å²) in [5.41, 5.74) is 0.0610. The third-order valence-corrected chi connectivity index (χ3v) is 2.95. The van der Waals surface area contributed by atoms with Crippen LogP contribution in [0.25, 0.3) is 11.5 Å². The van der Waals surface area contributed by atoms with E-state index in [4.69, 9.17) is 8.83 Å². The van der Waals surface area contributed by atoms with Crippen LogP contribution in [0.1, 0.15) is 16.1 Å². The van der Waals surface area contributed by atoms with Gasteiger partial charge in [0.05, 0.1) is 12.5 Å². The molecular weight excluding hydrogens is 286 g/mol. The molecule has 22 heavy (non-hydrogen) atoms. The van der Waals surface area contributed by atoms with E-state index >= 15 is 0 Å². The predicted molar refractivity (Wildman–Crippen MR) is 77.4 cm³/mol.